The van der Waals surface area contributed by atoms with Crippen LogP contribution in [0, 0.1) is 0 Å². The molecule has 0 saturated carbocycles. The van der Waals surface area contributed by atoms with Crippen molar-refractivity contribution in [3.63, 3.8) is 0 Å². The number of hydrogen-bond acceptors (Lipinski definition) is 3. The molecule has 2 aliphatic heterocycles. The second-order valence-electron chi connectivity index (χ2n) is 6.43. The van der Waals surface area contributed by atoms with Crippen LogP contribution in [0.4, 0.5) is 0 Å². The maximum Gasteiger partial charge on any atom is 0.253 e. The van der Waals surface area contributed by atoms with Gasteiger partial charge in [-0.05, 0) is 30.5 Å². The molecule has 0 bridgehead atoms. The maximum atomic E-state index is 12.7. The molecule has 2 aliphatic rings. The zero-order valence-corrected chi connectivity index (χ0v) is 13.4. The van der Waals surface area contributed by atoms with Gasteiger partial charge in [0.1, 0.15) is 0 Å². The molecular weight excluding hydrogens is 274 g/mol. The molecule has 0 atom stereocenters. The fraction of sp³-hybridized carbons (Fsp3) is 0.611. The number of piperazine rings is 1. The topological polar surface area (TPSA) is 35.6 Å². The van der Waals surface area contributed by atoms with Gasteiger partial charge in [-0.1, -0.05) is 25.0 Å². The molecule has 1 aromatic carbocycles. The van der Waals surface area contributed by atoms with E-state index in [1.807, 2.05) is 17.0 Å². The lowest BCUT2D eigenvalue weighted by Gasteiger charge is -2.27. The summed E-state index contributed by atoms with van der Waals surface area (Å²) in [4.78, 5) is 17.2. The average molecular weight is 301 g/mol. The van der Waals surface area contributed by atoms with E-state index in [0.717, 1.165) is 64.2 Å². The van der Waals surface area contributed by atoms with Crippen molar-refractivity contribution in [1.29, 1.82) is 0 Å². The maximum absolute atomic E-state index is 12.7. The molecule has 0 aromatic heterocycles. The molecule has 1 amide bonds. The summed E-state index contributed by atoms with van der Waals surface area (Å²) < 4.78 is 0. The third-order valence-corrected chi connectivity index (χ3v) is 4.68. The Balaban J connectivity index is 1.65. The molecule has 0 radical (unpaired) electrons. The van der Waals surface area contributed by atoms with Crippen LogP contribution in [0.5, 0.6) is 0 Å². The monoisotopic (exact) mass is 301 g/mol. The highest BCUT2D eigenvalue weighted by atomic mass is 16.2. The van der Waals surface area contributed by atoms with E-state index in [-0.39, 0.29) is 5.91 Å². The number of benzene rings is 1. The van der Waals surface area contributed by atoms with Crippen LogP contribution in [0.1, 0.15) is 41.6 Å². The molecule has 120 valence electrons. The number of likely N-dealkylation sites (tertiary alicyclic amines) is 1. The molecule has 1 N–H and O–H groups in total. The van der Waals surface area contributed by atoms with Gasteiger partial charge < -0.3 is 10.2 Å². The van der Waals surface area contributed by atoms with Crippen molar-refractivity contribution in [3.8, 4) is 0 Å². The molecule has 2 saturated heterocycles. The number of carbonyl (C=O) groups is 1. The SMILES string of the molecule is O=C(c1cccc(CN2CCNCC2)c1)N1CCCCCC1. The second-order valence-corrected chi connectivity index (χ2v) is 6.43. The van der Waals surface area contributed by atoms with E-state index in [4.69, 9.17) is 0 Å². The standard InChI is InChI=1S/C18H27N3O/c22-18(21-10-3-1-2-4-11-21)17-7-5-6-16(14-17)15-20-12-8-19-9-13-20/h5-7,14,19H,1-4,8-13,15H2. The van der Waals surface area contributed by atoms with Gasteiger partial charge in [0.15, 0.2) is 0 Å². The normalized spacial score (nSPS) is 20.6. The van der Waals surface area contributed by atoms with Gasteiger partial charge in [0.25, 0.3) is 5.91 Å². The third-order valence-electron chi connectivity index (χ3n) is 4.68. The van der Waals surface area contributed by atoms with Gasteiger partial charge in [-0.15, -0.1) is 0 Å². The Morgan fingerprint density at radius 3 is 2.45 bits per heavy atom. The predicted octanol–water partition coefficient (Wildman–Crippen LogP) is 2.11. The predicted molar refractivity (Wildman–Crippen MR) is 89.0 cm³/mol. The minimum atomic E-state index is 0.212. The van der Waals surface area contributed by atoms with E-state index in [1.165, 1.54) is 18.4 Å². The minimum Gasteiger partial charge on any atom is -0.339 e. The summed E-state index contributed by atoms with van der Waals surface area (Å²) in [5.41, 5.74) is 2.11. The van der Waals surface area contributed by atoms with E-state index in [1.54, 1.807) is 0 Å². The lowest BCUT2D eigenvalue weighted by atomic mass is 10.1. The first-order valence-corrected chi connectivity index (χ1v) is 8.64. The highest BCUT2D eigenvalue weighted by Crippen LogP contribution is 2.15. The molecule has 2 fully saturated rings. The van der Waals surface area contributed by atoms with Gasteiger partial charge in [0.2, 0.25) is 0 Å². The quantitative estimate of drug-likeness (QED) is 0.929. The minimum absolute atomic E-state index is 0.212. The van der Waals surface area contributed by atoms with Crippen molar-refractivity contribution in [2.45, 2.75) is 32.2 Å². The summed E-state index contributed by atoms with van der Waals surface area (Å²) in [6.07, 6.45) is 4.80. The van der Waals surface area contributed by atoms with Gasteiger partial charge in [0.05, 0.1) is 0 Å². The van der Waals surface area contributed by atoms with Crippen LogP contribution in [-0.2, 0) is 6.54 Å². The summed E-state index contributed by atoms with van der Waals surface area (Å²) in [5.74, 6) is 0.212. The Bertz CT molecular complexity index is 489. The van der Waals surface area contributed by atoms with Crippen molar-refractivity contribution in [2.24, 2.45) is 0 Å². The molecule has 3 rings (SSSR count). The highest BCUT2D eigenvalue weighted by molar-refractivity contribution is 5.94. The van der Waals surface area contributed by atoms with E-state index < -0.39 is 0 Å². The van der Waals surface area contributed by atoms with Gasteiger partial charge in [-0.25, -0.2) is 0 Å². The van der Waals surface area contributed by atoms with Crippen LogP contribution in [0.2, 0.25) is 0 Å². The lowest BCUT2D eigenvalue weighted by molar-refractivity contribution is 0.0761. The Kier molecular flexibility index (Phi) is 5.46. The van der Waals surface area contributed by atoms with Crippen molar-refractivity contribution < 1.29 is 4.79 Å². The third kappa shape index (κ3) is 4.08. The molecule has 0 spiro atoms. The van der Waals surface area contributed by atoms with Crippen LogP contribution >= 0.6 is 0 Å². The van der Waals surface area contributed by atoms with Gasteiger partial charge in [0, 0.05) is 51.4 Å². The molecule has 4 nitrogen and oxygen atoms in total. The number of hydrogen-bond donors (Lipinski definition) is 1. The Morgan fingerprint density at radius 1 is 1.00 bits per heavy atom. The van der Waals surface area contributed by atoms with Gasteiger partial charge >= 0.3 is 0 Å². The summed E-state index contributed by atoms with van der Waals surface area (Å²) >= 11 is 0. The van der Waals surface area contributed by atoms with Crippen molar-refractivity contribution in [2.75, 3.05) is 39.3 Å². The first-order valence-electron chi connectivity index (χ1n) is 8.64. The highest BCUT2D eigenvalue weighted by Gasteiger charge is 2.18. The van der Waals surface area contributed by atoms with Gasteiger partial charge in [-0.3, -0.25) is 9.69 Å². The lowest BCUT2D eigenvalue weighted by Crippen LogP contribution is -2.42. The van der Waals surface area contributed by atoms with Crippen LogP contribution < -0.4 is 5.32 Å². The van der Waals surface area contributed by atoms with Crippen LogP contribution in [0.3, 0.4) is 0 Å². The van der Waals surface area contributed by atoms with E-state index in [0.29, 0.717) is 0 Å². The number of rotatable bonds is 3. The molecule has 4 heteroatoms. The fourth-order valence-corrected chi connectivity index (χ4v) is 3.39. The molecule has 22 heavy (non-hydrogen) atoms. The molecular formula is C18H27N3O. The largest absolute Gasteiger partial charge is 0.339 e. The van der Waals surface area contributed by atoms with Crippen molar-refractivity contribution in [1.82, 2.24) is 15.1 Å². The fourth-order valence-electron chi connectivity index (χ4n) is 3.39. The number of nitrogens with one attached hydrogen (secondary N) is 1. The first-order chi connectivity index (χ1) is 10.8. The smallest absolute Gasteiger partial charge is 0.253 e. The van der Waals surface area contributed by atoms with E-state index in [9.17, 15) is 4.79 Å². The summed E-state index contributed by atoms with van der Waals surface area (Å²) in [6, 6.07) is 8.23. The number of nitrogens with zero attached hydrogens (tertiary/aromatic N) is 2. The van der Waals surface area contributed by atoms with Crippen LogP contribution in [0.15, 0.2) is 24.3 Å². The molecule has 0 aliphatic carbocycles. The summed E-state index contributed by atoms with van der Waals surface area (Å²) in [5, 5.41) is 3.38. The Hall–Kier alpha value is -1.39. The number of amides is 1. The van der Waals surface area contributed by atoms with Crippen molar-refractivity contribution >= 4 is 5.91 Å². The van der Waals surface area contributed by atoms with Gasteiger partial charge in [-0.2, -0.15) is 0 Å². The van der Waals surface area contributed by atoms with E-state index >= 15 is 0 Å². The zero-order valence-electron chi connectivity index (χ0n) is 13.4. The Labute approximate surface area is 133 Å². The summed E-state index contributed by atoms with van der Waals surface area (Å²) in [7, 11) is 0. The molecule has 0 unspecified atom stereocenters. The first kappa shape index (κ1) is 15.5. The summed E-state index contributed by atoms with van der Waals surface area (Å²) in [6.45, 7) is 7.08. The van der Waals surface area contributed by atoms with Crippen LogP contribution in [-0.4, -0.2) is 55.0 Å². The second kappa shape index (κ2) is 7.75. The van der Waals surface area contributed by atoms with Crippen LogP contribution in [0.25, 0.3) is 0 Å². The van der Waals surface area contributed by atoms with Crippen molar-refractivity contribution in [3.05, 3.63) is 35.4 Å². The zero-order chi connectivity index (χ0) is 15.2. The molecule has 2 heterocycles. The molecule has 1 aromatic rings. The number of carbonyl (C=O) groups excluding carboxylic acids is 1. The van der Waals surface area contributed by atoms with E-state index in [2.05, 4.69) is 22.3 Å². The Morgan fingerprint density at radius 2 is 1.73 bits per heavy atom. The average Bonchev–Trinajstić information content (AvgIpc) is 2.85.